The Morgan fingerprint density at radius 3 is 2.20 bits per heavy atom. The molecule has 4 unspecified atom stereocenters. The number of carbonyl (C=O) groups is 6. The molecule has 1 saturated heterocycles. The molecular formula is C16H25N5O8S. The average Bonchev–Trinajstić information content (AvgIpc) is 3.13. The zero-order chi connectivity index (χ0) is 23.0. The van der Waals surface area contributed by atoms with Crippen LogP contribution >= 0.6 is 12.6 Å². The van der Waals surface area contributed by atoms with Crippen LogP contribution in [0.3, 0.4) is 0 Å². The van der Waals surface area contributed by atoms with Gasteiger partial charge in [-0.2, -0.15) is 12.6 Å². The maximum absolute atomic E-state index is 12.8. The molecule has 1 aliphatic rings. The van der Waals surface area contributed by atoms with Crippen LogP contribution in [-0.4, -0.2) is 87.1 Å². The van der Waals surface area contributed by atoms with Gasteiger partial charge in [0.1, 0.15) is 18.1 Å². The molecular weight excluding hydrogens is 422 g/mol. The first-order valence-electron chi connectivity index (χ1n) is 8.98. The van der Waals surface area contributed by atoms with Gasteiger partial charge in [0.2, 0.25) is 23.6 Å². The predicted octanol–water partition coefficient (Wildman–Crippen LogP) is -3.36. The third-order valence-electron chi connectivity index (χ3n) is 4.39. The largest absolute Gasteiger partial charge is 0.481 e. The first-order valence-corrected chi connectivity index (χ1v) is 9.61. The Labute approximate surface area is 176 Å². The van der Waals surface area contributed by atoms with E-state index >= 15 is 0 Å². The van der Waals surface area contributed by atoms with Gasteiger partial charge in [0.15, 0.2) is 0 Å². The van der Waals surface area contributed by atoms with E-state index in [-0.39, 0.29) is 18.7 Å². The Hall–Kier alpha value is -2.87. The molecule has 1 heterocycles. The van der Waals surface area contributed by atoms with Gasteiger partial charge < -0.3 is 37.2 Å². The number of rotatable bonds is 11. The highest BCUT2D eigenvalue weighted by Crippen LogP contribution is 2.19. The van der Waals surface area contributed by atoms with Crippen molar-refractivity contribution in [2.45, 2.75) is 49.9 Å². The summed E-state index contributed by atoms with van der Waals surface area (Å²) in [6.45, 7) is 0.168. The Morgan fingerprint density at radius 2 is 1.70 bits per heavy atom. The molecule has 0 aliphatic carbocycles. The minimum atomic E-state index is -1.65. The molecule has 1 fully saturated rings. The third kappa shape index (κ3) is 7.18. The van der Waals surface area contributed by atoms with Gasteiger partial charge in [0.25, 0.3) is 0 Å². The number of likely N-dealkylation sites (tertiary alicyclic amines) is 1. The number of carbonyl (C=O) groups excluding carboxylic acids is 4. The average molecular weight is 447 g/mol. The van der Waals surface area contributed by atoms with Crippen molar-refractivity contribution in [3.63, 3.8) is 0 Å². The minimum absolute atomic E-state index is 0.129. The molecule has 8 N–H and O–H groups in total. The lowest BCUT2D eigenvalue weighted by Gasteiger charge is -2.29. The highest BCUT2D eigenvalue weighted by molar-refractivity contribution is 7.80. The number of thiol groups is 1. The number of primary amides is 1. The Kier molecular flexibility index (Phi) is 9.52. The molecule has 1 rings (SSSR count). The van der Waals surface area contributed by atoms with E-state index < -0.39 is 72.6 Å². The normalized spacial score (nSPS) is 18.7. The number of hydrogen-bond acceptors (Lipinski definition) is 8. The second-order valence-electron chi connectivity index (χ2n) is 6.71. The molecule has 4 atom stereocenters. The summed E-state index contributed by atoms with van der Waals surface area (Å²) in [5.41, 5.74) is 10.5. The van der Waals surface area contributed by atoms with Crippen LogP contribution in [0.2, 0.25) is 0 Å². The fourth-order valence-electron chi connectivity index (χ4n) is 2.92. The monoisotopic (exact) mass is 447 g/mol. The number of hydrogen-bond donors (Lipinski definition) is 7. The Morgan fingerprint density at radius 1 is 1.07 bits per heavy atom. The van der Waals surface area contributed by atoms with Crippen molar-refractivity contribution in [2.75, 3.05) is 12.3 Å². The minimum Gasteiger partial charge on any atom is -0.481 e. The van der Waals surface area contributed by atoms with E-state index in [2.05, 4.69) is 23.3 Å². The van der Waals surface area contributed by atoms with Gasteiger partial charge in [-0.15, -0.1) is 0 Å². The van der Waals surface area contributed by atoms with E-state index in [1.807, 2.05) is 0 Å². The van der Waals surface area contributed by atoms with Crippen LogP contribution in [0.5, 0.6) is 0 Å². The van der Waals surface area contributed by atoms with Gasteiger partial charge in [0.05, 0.1) is 18.9 Å². The standard InChI is InChI=1S/C16H25N5O8S/c17-7(4-11(18)22)13(25)20-9(6-30)15(27)21-3-1-2-10(21)14(26)19-8(16(28)29)5-12(23)24/h7-10,30H,1-6,17H2,(H2,18,22)(H,19,26)(H,20,25)(H,23,24)(H,28,29). The van der Waals surface area contributed by atoms with E-state index in [0.29, 0.717) is 6.42 Å². The number of nitrogens with zero attached hydrogens (tertiary/aromatic N) is 1. The van der Waals surface area contributed by atoms with Crippen LogP contribution in [0, 0.1) is 0 Å². The summed E-state index contributed by atoms with van der Waals surface area (Å²) in [6.07, 6.45) is -0.580. The summed E-state index contributed by atoms with van der Waals surface area (Å²) in [7, 11) is 0. The summed E-state index contributed by atoms with van der Waals surface area (Å²) in [5, 5.41) is 22.3. The first kappa shape index (κ1) is 25.2. The lowest BCUT2D eigenvalue weighted by molar-refractivity contribution is -0.148. The van der Waals surface area contributed by atoms with Crippen LogP contribution in [-0.2, 0) is 28.8 Å². The highest BCUT2D eigenvalue weighted by atomic mass is 32.1. The number of carboxylic acid groups (broad SMARTS) is 2. The lowest BCUT2D eigenvalue weighted by Crippen LogP contribution is -2.57. The van der Waals surface area contributed by atoms with Gasteiger partial charge in [-0.3, -0.25) is 24.0 Å². The predicted molar refractivity (Wildman–Crippen MR) is 104 cm³/mol. The van der Waals surface area contributed by atoms with E-state index in [1.54, 1.807) is 0 Å². The molecule has 0 spiro atoms. The summed E-state index contributed by atoms with van der Waals surface area (Å²) in [4.78, 5) is 71.3. The Balaban J connectivity index is 2.84. The zero-order valence-corrected chi connectivity index (χ0v) is 16.8. The molecule has 0 bridgehead atoms. The van der Waals surface area contributed by atoms with Crippen LogP contribution in [0.1, 0.15) is 25.7 Å². The maximum atomic E-state index is 12.8. The second-order valence-corrected chi connectivity index (χ2v) is 7.07. The van der Waals surface area contributed by atoms with Crippen LogP contribution in [0.25, 0.3) is 0 Å². The summed E-state index contributed by atoms with van der Waals surface area (Å²) in [5.74, 6) is -6.12. The number of aliphatic carboxylic acids is 2. The van der Waals surface area contributed by atoms with Crippen LogP contribution < -0.4 is 22.1 Å². The zero-order valence-electron chi connectivity index (χ0n) is 15.9. The number of amides is 4. The molecule has 168 valence electrons. The molecule has 0 saturated carbocycles. The summed E-state index contributed by atoms with van der Waals surface area (Å²) >= 11 is 4.02. The molecule has 1 aliphatic heterocycles. The lowest BCUT2D eigenvalue weighted by atomic mass is 10.1. The van der Waals surface area contributed by atoms with Crippen molar-refractivity contribution >= 4 is 48.2 Å². The van der Waals surface area contributed by atoms with Crippen molar-refractivity contribution in [3.05, 3.63) is 0 Å². The van der Waals surface area contributed by atoms with Gasteiger partial charge in [0, 0.05) is 12.3 Å². The molecule has 13 nitrogen and oxygen atoms in total. The van der Waals surface area contributed by atoms with Crippen molar-refractivity contribution in [1.82, 2.24) is 15.5 Å². The van der Waals surface area contributed by atoms with Crippen molar-refractivity contribution in [2.24, 2.45) is 11.5 Å². The number of nitrogens with one attached hydrogen (secondary N) is 2. The second kappa shape index (κ2) is 11.3. The summed E-state index contributed by atoms with van der Waals surface area (Å²) < 4.78 is 0. The molecule has 0 aromatic carbocycles. The van der Waals surface area contributed by atoms with E-state index in [1.165, 1.54) is 0 Å². The SMILES string of the molecule is NC(=O)CC(N)C(=O)NC(CS)C(=O)N1CCCC1C(=O)NC(CC(=O)O)C(=O)O. The molecule has 0 radical (unpaired) electrons. The quantitative estimate of drug-likeness (QED) is 0.157. The number of nitrogens with two attached hydrogens (primary N) is 2. The van der Waals surface area contributed by atoms with Gasteiger partial charge >= 0.3 is 11.9 Å². The molecule has 0 aromatic rings. The van der Waals surface area contributed by atoms with Crippen molar-refractivity contribution in [3.8, 4) is 0 Å². The smallest absolute Gasteiger partial charge is 0.326 e. The number of carboxylic acids is 2. The Bertz CT molecular complexity index is 718. The third-order valence-corrected chi connectivity index (χ3v) is 4.75. The van der Waals surface area contributed by atoms with E-state index in [9.17, 15) is 28.8 Å². The highest BCUT2D eigenvalue weighted by Gasteiger charge is 2.39. The topological polar surface area (TPSA) is 222 Å². The van der Waals surface area contributed by atoms with Gasteiger partial charge in [-0.25, -0.2) is 4.79 Å². The first-order chi connectivity index (χ1) is 14.0. The fourth-order valence-corrected chi connectivity index (χ4v) is 3.17. The van der Waals surface area contributed by atoms with Crippen LogP contribution in [0.4, 0.5) is 0 Å². The molecule has 4 amide bonds. The van der Waals surface area contributed by atoms with Crippen molar-refractivity contribution < 1.29 is 39.0 Å². The fraction of sp³-hybridized carbons (Fsp3) is 0.625. The van der Waals surface area contributed by atoms with Crippen LogP contribution in [0.15, 0.2) is 0 Å². The molecule has 30 heavy (non-hydrogen) atoms. The van der Waals surface area contributed by atoms with Gasteiger partial charge in [-0.1, -0.05) is 0 Å². The van der Waals surface area contributed by atoms with E-state index in [0.717, 1.165) is 4.90 Å². The van der Waals surface area contributed by atoms with Gasteiger partial charge in [-0.05, 0) is 12.8 Å². The molecule has 14 heteroatoms. The maximum Gasteiger partial charge on any atom is 0.326 e. The molecule has 0 aromatic heterocycles. The van der Waals surface area contributed by atoms with Crippen molar-refractivity contribution in [1.29, 1.82) is 0 Å². The summed E-state index contributed by atoms with van der Waals surface area (Å²) in [6, 6.07) is -5.10. The van der Waals surface area contributed by atoms with E-state index in [4.69, 9.17) is 21.7 Å².